The minimum atomic E-state index is -4.52. The summed E-state index contributed by atoms with van der Waals surface area (Å²) >= 11 is 0. The second kappa shape index (κ2) is 9.21. The molecule has 4 heterocycles. The van der Waals surface area contributed by atoms with Crippen molar-refractivity contribution in [2.75, 3.05) is 25.0 Å². The summed E-state index contributed by atoms with van der Waals surface area (Å²) in [4.78, 5) is 4.18. The molecule has 8 nitrogen and oxygen atoms in total. The van der Waals surface area contributed by atoms with Crippen molar-refractivity contribution >= 4 is 16.6 Å². The minimum Gasteiger partial charge on any atom is -0.354 e. The van der Waals surface area contributed by atoms with Gasteiger partial charge in [-0.3, -0.25) is 9.58 Å². The minimum absolute atomic E-state index is 0.139. The van der Waals surface area contributed by atoms with Crippen molar-refractivity contribution in [2.45, 2.75) is 31.6 Å². The van der Waals surface area contributed by atoms with Crippen LogP contribution >= 0.6 is 0 Å². The average Bonchev–Trinajstić information content (AvgIpc) is 3.28. The molecule has 0 unspecified atom stereocenters. The first-order chi connectivity index (χ1) is 16.8. The molecule has 5 rings (SSSR count). The SMILES string of the molecule is CN(Cc1ccnnc1C(F)(F)F)C1CCN(c2nnc(-c3ccnn3C)c3ccccc23)CC1. The topological polar surface area (TPSA) is 75.9 Å². The van der Waals surface area contributed by atoms with Gasteiger partial charge in [0.1, 0.15) is 5.69 Å². The van der Waals surface area contributed by atoms with Gasteiger partial charge >= 0.3 is 6.18 Å². The molecular formula is C24H25F3N8. The number of rotatable bonds is 5. The van der Waals surface area contributed by atoms with E-state index < -0.39 is 11.9 Å². The van der Waals surface area contributed by atoms with E-state index in [2.05, 4.69) is 30.4 Å². The van der Waals surface area contributed by atoms with Crippen molar-refractivity contribution in [3.05, 3.63) is 60.0 Å². The van der Waals surface area contributed by atoms with Gasteiger partial charge in [0, 0.05) is 61.5 Å². The quantitative estimate of drug-likeness (QED) is 0.427. The molecule has 35 heavy (non-hydrogen) atoms. The molecule has 0 amide bonds. The first-order valence-corrected chi connectivity index (χ1v) is 11.4. The van der Waals surface area contributed by atoms with Crippen molar-refractivity contribution in [2.24, 2.45) is 7.05 Å². The Kier molecular flexibility index (Phi) is 6.10. The Morgan fingerprint density at radius 2 is 1.71 bits per heavy atom. The van der Waals surface area contributed by atoms with E-state index in [4.69, 9.17) is 0 Å². The molecule has 0 spiro atoms. The lowest BCUT2D eigenvalue weighted by Crippen LogP contribution is -2.43. The maximum absolute atomic E-state index is 13.3. The molecule has 1 aromatic carbocycles. The number of halogens is 3. The monoisotopic (exact) mass is 482 g/mol. The van der Waals surface area contributed by atoms with Crippen molar-refractivity contribution in [3.63, 3.8) is 0 Å². The molecule has 0 aliphatic carbocycles. The van der Waals surface area contributed by atoms with Gasteiger partial charge in [0.15, 0.2) is 11.5 Å². The van der Waals surface area contributed by atoms with Crippen LogP contribution in [0.25, 0.3) is 22.2 Å². The Bertz CT molecular complexity index is 1330. The number of aryl methyl sites for hydroxylation is 1. The maximum Gasteiger partial charge on any atom is 0.435 e. The number of piperidine rings is 1. The summed E-state index contributed by atoms with van der Waals surface area (Å²) in [6.45, 7) is 1.64. The fourth-order valence-corrected chi connectivity index (χ4v) is 4.76. The van der Waals surface area contributed by atoms with E-state index in [-0.39, 0.29) is 18.2 Å². The van der Waals surface area contributed by atoms with Gasteiger partial charge in [0.25, 0.3) is 0 Å². The van der Waals surface area contributed by atoms with E-state index in [9.17, 15) is 13.2 Å². The molecule has 1 saturated heterocycles. The van der Waals surface area contributed by atoms with Crippen LogP contribution in [0.1, 0.15) is 24.1 Å². The second-order valence-corrected chi connectivity index (χ2v) is 8.79. The van der Waals surface area contributed by atoms with Crippen molar-refractivity contribution in [1.29, 1.82) is 0 Å². The van der Waals surface area contributed by atoms with Crippen LogP contribution in [0.3, 0.4) is 0 Å². The van der Waals surface area contributed by atoms with E-state index in [1.54, 1.807) is 10.9 Å². The van der Waals surface area contributed by atoms with Gasteiger partial charge in [-0.25, -0.2) is 0 Å². The molecule has 0 saturated carbocycles. The number of anilines is 1. The van der Waals surface area contributed by atoms with Crippen LogP contribution in [-0.4, -0.2) is 61.3 Å². The highest BCUT2D eigenvalue weighted by molar-refractivity contribution is 5.99. The summed E-state index contributed by atoms with van der Waals surface area (Å²) in [7, 11) is 3.74. The first-order valence-electron chi connectivity index (χ1n) is 11.4. The number of benzene rings is 1. The van der Waals surface area contributed by atoms with Crippen molar-refractivity contribution in [1.82, 2.24) is 35.1 Å². The average molecular weight is 483 g/mol. The Labute approximate surface area is 200 Å². The fraction of sp³-hybridized carbons (Fsp3) is 0.375. The van der Waals surface area contributed by atoms with Crippen molar-refractivity contribution in [3.8, 4) is 11.4 Å². The third-order valence-corrected chi connectivity index (χ3v) is 6.61. The van der Waals surface area contributed by atoms with Crippen LogP contribution in [-0.2, 0) is 19.8 Å². The predicted molar refractivity (Wildman–Crippen MR) is 125 cm³/mol. The number of aromatic nitrogens is 6. The third-order valence-electron chi connectivity index (χ3n) is 6.61. The summed E-state index contributed by atoms with van der Waals surface area (Å²) < 4.78 is 41.7. The number of alkyl halides is 3. The van der Waals surface area contributed by atoms with Gasteiger partial charge in [-0.15, -0.1) is 15.3 Å². The van der Waals surface area contributed by atoms with Crippen molar-refractivity contribution < 1.29 is 13.2 Å². The molecule has 1 fully saturated rings. The molecule has 0 atom stereocenters. The molecule has 11 heteroatoms. The first kappa shape index (κ1) is 23.2. The highest BCUT2D eigenvalue weighted by Crippen LogP contribution is 2.33. The van der Waals surface area contributed by atoms with Crippen LogP contribution < -0.4 is 4.90 Å². The van der Waals surface area contributed by atoms with E-state index in [0.717, 1.165) is 53.9 Å². The standard InChI is InChI=1S/C24H25F3N8/c1-33(15-16-7-11-28-31-22(16)24(25,26)27)17-9-13-35(14-10-17)23-19-6-4-3-5-18(19)21(30-32-23)20-8-12-29-34(20)2/h3-8,11-12,17H,9-10,13-15H2,1-2H3. The van der Waals surface area contributed by atoms with E-state index in [1.165, 1.54) is 12.3 Å². The molecule has 4 aromatic rings. The largest absolute Gasteiger partial charge is 0.435 e. The highest BCUT2D eigenvalue weighted by atomic mass is 19.4. The van der Waals surface area contributed by atoms with Crippen LogP contribution in [0.15, 0.2) is 48.8 Å². The number of hydrogen-bond donors (Lipinski definition) is 0. The maximum atomic E-state index is 13.3. The molecule has 1 aliphatic heterocycles. The molecule has 182 valence electrons. The zero-order valence-electron chi connectivity index (χ0n) is 19.4. The zero-order valence-corrected chi connectivity index (χ0v) is 19.4. The van der Waals surface area contributed by atoms with Crippen LogP contribution in [0.4, 0.5) is 19.0 Å². The summed E-state index contributed by atoms with van der Waals surface area (Å²) in [5.41, 5.74) is 0.898. The Hall–Kier alpha value is -3.60. The smallest absolute Gasteiger partial charge is 0.354 e. The fourth-order valence-electron chi connectivity index (χ4n) is 4.76. The lowest BCUT2D eigenvalue weighted by Gasteiger charge is -2.37. The predicted octanol–water partition coefficient (Wildman–Crippen LogP) is 3.94. The molecule has 1 aliphatic rings. The van der Waals surface area contributed by atoms with E-state index >= 15 is 0 Å². The number of hydrogen-bond acceptors (Lipinski definition) is 7. The Morgan fingerprint density at radius 1 is 0.971 bits per heavy atom. The third kappa shape index (κ3) is 4.55. The van der Waals surface area contributed by atoms with Crippen LogP contribution in [0.5, 0.6) is 0 Å². The summed E-state index contributed by atoms with van der Waals surface area (Å²) in [6, 6.07) is 11.5. The van der Waals surface area contributed by atoms with Gasteiger partial charge < -0.3 is 4.90 Å². The molecule has 3 aromatic heterocycles. The van der Waals surface area contributed by atoms with Crippen LogP contribution in [0.2, 0.25) is 0 Å². The van der Waals surface area contributed by atoms with Gasteiger partial charge in [-0.2, -0.15) is 23.4 Å². The number of nitrogens with zero attached hydrogens (tertiary/aromatic N) is 8. The second-order valence-electron chi connectivity index (χ2n) is 8.79. The molecule has 0 bridgehead atoms. The summed E-state index contributed by atoms with van der Waals surface area (Å²) in [5, 5.41) is 22.1. The summed E-state index contributed by atoms with van der Waals surface area (Å²) in [6.07, 6.45) is 0.126. The highest BCUT2D eigenvalue weighted by Gasteiger charge is 2.36. The Morgan fingerprint density at radius 3 is 2.40 bits per heavy atom. The van der Waals surface area contributed by atoms with E-state index in [1.807, 2.05) is 49.3 Å². The molecular weight excluding hydrogens is 457 g/mol. The van der Waals surface area contributed by atoms with Crippen LogP contribution in [0, 0.1) is 0 Å². The molecule has 0 radical (unpaired) electrons. The number of fused-ring (bicyclic) bond motifs is 1. The lowest BCUT2D eigenvalue weighted by molar-refractivity contribution is -0.142. The Balaban J connectivity index is 1.33. The summed E-state index contributed by atoms with van der Waals surface area (Å²) in [5.74, 6) is 0.824. The van der Waals surface area contributed by atoms with Gasteiger partial charge in [-0.1, -0.05) is 24.3 Å². The van der Waals surface area contributed by atoms with Gasteiger partial charge in [0.2, 0.25) is 0 Å². The van der Waals surface area contributed by atoms with E-state index in [0.29, 0.717) is 0 Å². The van der Waals surface area contributed by atoms with Gasteiger partial charge in [-0.05, 0) is 32.0 Å². The zero-order chi connectivity index (χ0) is 24.6. The molecule has 0 N–H and O–H groups in total. The lowest BCUT2D eigenvalue weighted by atomic mass is 10.0. The normalized spacial score (nSPS) is 15.3. The van der Waals surface area contributed by atoms with Gasteiger partial charge in [0.05, 0.1) is 5.69 Å².